The maximum absolute atomic E-state index is 12.0. The molecule has 1 amide bonds. The summed E-state index contributed by atoms with van der Waals surface area (Å²) < 4.78 is 0. The van der Waals surface area contributed by atoms with E-state index >= 15 is 0 Å². The van der Waals surface area contributed by atoms with Crippen LogP contribution >= 0.6 is 0 Å². The molecule has 0 radical (unpaired) electrons. The van der Waals surface area contributed by atoms with Crippen LogP contribution in [-0.4, -0.2) is 45.1 Å². The number of aryl methyl sites for hydroxylation is 1. The van der Waals surface area contributed by atoms with Gasteiger partial charge >= 0.3 is 0 Å². The lowest BCUT2D eigenvalue weighted by molar-refractivity contribution is 0.0697. The Morgan fingerprint density at radius 3 is 3.12 bits per heavy atom. The number of carbonyl (C=O) groups is 1. The van der Waals surface area contributed by atoms with E-state index < -0.39 is 0 Å². The Balaban J connectivity index is 2.06. The first-order chi connectivity index (χ1) is 7.70. The van der Waals surface area contributed by atoms with E-state index in [1.807, 2.05) is 6.92 Å². The zero-order valence-electron chi connectivity index (χ0n) is 9.44. The molecule has 1 aliphatic rings. The Morgan fingerprint density at radius 1 is 1.69 bits per heavy atom. The topological polar surface area (TPSA) is 87.9 Å². The fourth-order valence-electron chi connectivity index (χ4n) is 1.88. The lowest BCUT2D eigenvalue weighted by atomic mass is 10.1. The van der Waals surface area contributed by atoms with Crippen LogP contribution in [0.25, 0.3) is 0 Å². The van der Waals surface area contributed by atoms with E-state index in [1.54, 1.807) is 4.90 Å². The number of nitrogens with one attached hydrogen (secondary N) is 1. The predicted molar refractivity (Wildman–Crippen MR) is 58.9 cm³/mol. The van der Waals surface area contributed by atoms with E-state index in [0.29, 0.717) is 6.54 Å². The fourth-order valence-corrected chi connectivity index (χ4v) is 1.88. The van der Waals surface area contributed by atoms with Crippen LogP contribution in [0.2, 0.25) is 0 Å². The highest BCUT2D eigenvalue weighted by molar-refractivity contribution is 5.90. The molecule has 6 heteroatoms. The quantitative estimate of drug-likeness (QED) is 0.734. The van der Waals surface area contributed by atoms with E-state index in [4.69, 9.17) is 5.73 Å². The lowest BCUT2D eigenvalue weighted by Gasteiger charge is -2.29. The summed E-state index contributed by atoms with van der Waals surface area (Å²) in [7, 11) is 0. The molecule has 0 saturated carbocycles. The van der Waals surface area contributed by atoms with Crippen molar-refractivity contribution in [2.45, 2.75) is 32.2 Å². The fraction of sp³-hybridized carbons (Fsp3) is 0.700. The van der Waals surface area contributed by atoms with Crippen molar-refractivity contribution in [3.05, 3.63) is 11.6 Å². The number of aromatic nitrogens is 3. The third kappa shape index (κ3) is 2.21. The average molecular weight is 223 g/mol. The van der Waals surface area contributed by atoms with Crippen LogP contribution in [0.1, 0.15) is 36.2 Å². The number of rotatable bonds is 2. The number of hydrogen-bond donors (Lipinski definition) is 2. The molecule has 2 rings (SSSR count). The van der Waals surface area contributed by atoms with E-state index in [-0.39, 0.29) is 17.8 Å². The van der Waals surface area contributed by atoms with Gasteiger partial charge in [0.05, 0.1) is 0 Å². The molecule has 6 nitrogen and oxygen atoms in total. The number of nitrogens with two attached hydrogens (primary N) is 1. The summed E-state index contributed by atoms with van der Waals surface area (Å²) in [6, 6.07) is 0.0855. The molecule has 0 aromatic carbocycles. The van der Waals surface area contributed by atoms with Crippen LogP contribution in [0.5, 0.6) is 0 Å². The zero-order chi connectivity index (χ0) is 11.5. The highest BCUT2D eigenvalue weighted by atomic mass is 16.2. The maximum atomic E-state index is 12.0. The van der Waals surface area contributed by atoms with Gasteiger partial charge in [0.15, 0.2) is 0 Å². The normalized spacial score (nSPS) is 21.1. The van der Waals surface area contributed by atoms with E-state index in [2.05, 4.69) is 15.2 Å². The third-order valence-electron chi connectivity index (χ3n) is 2.80. The van der Waals surface area contributed by atoms with Gasteiger partial charge in [0.1, 0.15) is 5.82 Å². The Morgan fingerprint density at radius 2 is 2.50 bits per heavy atom. The molecule has 1 aliphatic heterocycles. The van der Waals surface area contributed by atoms with Crippen LogP contribution in [0.15, 0.2) is 0 Å². The highest BCUT2D eigenvalue weighted by Gasteiger charge is 2.24. The third-order valence-corrected chi connectivity index (χ3v) is 2.80. The van der Waals surface area contributed by atoms with Gasteiger partial charge in [-0.3, -0.25) is 9.89 Å². The van der Waals surface area contributed by atoms with Gasteiger partial charge in [0.25, 0.3) is 5.91 Å². The predicted octanol–water partition coefficient (Wildman–Crippen LogP) is -0.0696. The van der Waals surface area contributed by atoms with Crippen LogP contribution in [0.3, 0.4) is 0 Å². The van der Waals surface area contributed by atoms with Crippen molar-refractivity contribution in [1.82, 2.24) is 20.1 Å². The molecule has 88 valence electrons. The molecule has 1 saturated heterocycles. The summed E-state index contributed by atoms with van der Waals surface area (Å²) in [5, 5.41) is 6.67. The van der Waals surface area contributed by atoms with Crippen LogP contribution in [-0.2, 0) is 6.42 Å². The molecule has 0 aliphatic carbocycles. The van der Waals surface area contributed by atoms with Gasteiger partial charge in [-0.25, -0.2) is 4.98 Å². The average Bonchev–Trinajstić information content (AvgIpc) is 2.76. The minimum atomic E-state index is -0.119. The van der Waals surface area contributed by atoms with Crippen molar-refractivity contribution < 1.29 is 4.79 Å². The van der Waals surface area contributed by atoms with Crippen LogP contribution in [0.4, 0.5) is 0 Å². The molecule has 3 N–H and O–H groups in total. The van der Waals surface area contributed by atoms with Gasteiger partial charge in [-0.2, -0.15) is 0 Å². The molecule has 0 bridgehead atoms. The van der Waals surface area contributed by atoms with Gasteiger partial charge in [-0.15, -0.1) is 5.10 Å². The Kier molecular flexibility index (Phi) is 3.19. The van der Waals surface area contributed by atoms with Crippen molar-refractivity contribution in [3.63, 3.8) is 0 Å². The highest BCUT2D eigenvalue weighted by Crippen LogP contribution is 2.10. The molecule has 1 fully saturated rings. The zero-order valence-corrected chi connectivity index (χ0v) is 9.44. The number of likely N-dealkylation sites (tertiary alicyclic amines) is 1. The Bertz CT molecular complexity index is 375. The van der Waals surface area contributed by atoms with Gasteiger partial charge < -0.3 is 10.6 Å². The first-order valence-corrected chi connectivity index (χ1v) is 5.67. The standard InChI is InChI=1S/C10H17N5O/c1-2-8-12-9(14-13-8)10(16)15-5-3-4-7(11)6-15/h7H,2-6,11H2,1H3,(H,12,13,14). The first kappa shape index (κ1) is 11.1. The summed E-state index contributed by atoms with van der Waals surface area (Å²) in [4.78, 5) is 17.9. The van der Waals surface area contributed by atoms with Crippen molar-refractivity contribution in [3.8, 4) is 0 Å². The molecular formula is C10H17N5O. The lowest BCUT2D eigenvalue weighted by Crippen LogP contribution is -2.46. The van der Waals surface area contributed by atoms with Crippen LogP contribution in [0, 0.1) is 0 Å². The molecule has 1 unspecified atom stereocenters. The summed E-state index contributed by atoms with van der Waals surface area (Å²) in [5.41, 5.74) is 5.83. The summed E-state index contributed by atoms with van der Waals surface area (Å²) in [6.07, 6.45) is 2.69. The van der Waals surface area contributed by atoms with Crippen molar-refractivity contribution in [2.24, 2.45) is 5.73 Å². The Labute approximate surface area is 94.2 Å². The smallest absolute Gasteiger partial charge is 0.293 e. The molecule has 0 spiro atoms. The van der Waals surface area contributed by atoms with E-state index in [0.717, 1.165) is 31.6 Å². The second-order valence-corrected chi connectivity index (χ2v) is 4.11. The monoisotopic (exact) mass is 223 g/mol. The number of H-pyrrole nitrogens is 1. The second-order valence-electron chi connectivity index (χ2n) is 4.11. The summed E-state index contributed by atoms with van der Waals surface area (Å²) in [6.45, 7) is 3.32. The minimum absolute atomic E-state index is 0.0855. The van der Waals surface area contributed by atoms with Gasteiger partial charge in [0.2, 0.25) is 5.82 Å². The first-order valence-electron chi connectivity index (χ1n) is 5.67. The van der Waals surface area contributed by atoms with Crippen LogP contribution < -0.4 is 5.73 Å². The van der Waals surface area contributed by atoms with E-state index in [9.17, 15) is 4.79 Å². The Hall–Kier alpha value is -1.43. The molecular weight excluding hydrogens is 206 g/mol. The number of piperidine rings is 1. The van der Waals surface area contributed by atoms with Gasteiger partial charge in [-0.1, -0.05) is 6.92 Å². The molecule has 16 heavy (non-hydrogen) atoms. The molecule has 2 heterocycles. The molecule has 1 aromatic rings. The largest absolute Gasteiger partial charge is 0.334 e. The number of amides is 1. The number of carbonyl (C=O) groups excluding carboxylic acids is 1. The van der Waals surface area contributed by atoms with Crippen molar-refractivity contribution >= 4 is 5.91 Å². The summed E-state index contributed by atoms with van der Waals surface area (Å²) >= 11 is 0. The van der Waals surface area contributed by atoms with E-state index in [1.165, 1.54) is 0 Å². The van der Waals surface area contributed by atoms with Crippen molar-refractivity contribution in [2.75, 3.05) is 13.1 Å². The number of hydrogen-bond acceptors (Lipinski definition) is 4. The summed E-state index contributed by atoms with van der Waals surface area (Å²) in [5.74, 6) is 0.877. The molecule has 1 atom stereocenters. The number of nitrogens with zero attached hydrogens (tertiary/aromatic N) is 3. The SMILES string of the molecule is CCc1nc(C(=O)N2CCCC(N)C2)n[nH]1. The second kappa shape index (κ2) is 4.61. The molecule has 1 aromatic heterocycles. The van der Waals surface area contributed by atoms with Gasteiger partial charge in [0, 0.05) is 25.6 Å². The van der Waals surface area contributed by atoms with Crippen molar-refractivity contribution in [1.29, 1.82) is 0 Å². The maximum Gasteiger partial charge on any atom is 0.293 e. The number of aromatic amines is 1. The minimum Gasteiger partial charge on any atom is -0.334 e. The van der Waals surface area contributed by atoms with Gasteiger partial charge in [-0.05, 0) is 12.8 Å².